The molecular formula is C31H34N4O4S. The maximum absolute atomic E-state index is 13.6. The largest absolute Gasteiger partial charge is 0.497 e. The summed E-state index contributed by atoms with van der Waals surface area (Å²) < 4.78 is 35.6. The Labute approximate surface area is 236 Å². The molecule has 40 heavy (non-hydrogen) atoms. The Morgan fingerprint density at radius 3 is 2.20 bits per heavy atom. The lowest BCUT2D eigenvalue weighted by Gasteiger charge is -2.24. The van der Waals surface area contributed by atoms with Gasteiger partial charge in [0, 0.05) is 22.6 Å². The highest BCUT2D eigenvalue weighted by atomic mass is 32.2. The van der Waals surface area contributed by atoms with Gasteiger partial charge in [-0.15, -0.1) is 0 Å². The molecule has 0 aliphatic rings. The van der Waals surface area contributed by atoms with Gasteiger partial charge in [-0.3, -0.25) is 9.10 Å². The Kier molecular flexibility index (Phi) is 8.44. The van der Waals surface area contributed by atoms with Crippen LogP contribution in [0.2, 0.25) is 0 Å². The van der Waals surface area contributed by atoms with Crippen molar-refractivity contribution < 1.29 is 17.9 Å². The summed E-state index contributed by atoms with van der Waals surface area (Å²) in [7, 11) is -2.50. The summed E-state index contributed by atoms with van der Waals surface area (Å²) in [4.78, 5) is 13.1. The average molecular weight is 559 g/mol. The molecule has 0 unspecified atom stereocenters. The highest BCUT2D eigenvalue weighted by molar-refractivity contribution is 7.92. The van der Waals surface area contributed by atoms with Crippen molar-refractivity contribution in [2.75, 3.05) is 18.0 Å². The van der Waals surface area contributed by atoms with Gasteiger partial charge in [0.15, 0.2) is 0 Å². The Balaban J connectivity index is 1.56. The van der Waals surface area contributed by atoms with E-state index in [0.29, 0.717) is 11.4 Å². The molecule has 1 heterocycles. The van der Waals surface area contributed by atoms with Crippen LogP contribution in [0.25, 0.3) is 5.69 Å². The maximum Gasteiger partial charge on any atom is 0.264 e. The Morgan fingerprint density at radius 1 is 0.925 bits per heavy atom. The predicted molar refractivity (Wildman–Crippen MR) is 159 cm³/mol. The molecule has 0 saturated heterocycles. The number of aromatic nitrogens is 1. The molecule has 1 amide bonds. The third-order valence-electron chi connectivity index (χ3n) is 6.71. The zero-order valence-electron chi connectivity index (χ0n) is 23.6. The second kappa shape index (κ2) is 11.8. The number of carbonyl (C=O) groups excluding carboxylic acids is 1. The van der Waals surface area contributed by atoms with E-state index in [1.54, 1.807) is 42.6 Å². The number of sulfonamides is 1. The van der Waals surface area contributed by atoms with Gasteiger partial charge in [-0.25, -0.2) is 13.8 Å². The Morgan fingerprint density at radius 2 is 1.57 bits per heavy atom. The fraction of sp³-hybridized carbons (Fsp3) is 0.226. The number of carbonyl (C=O) groups is 1. The van der Waals surface area contributed by atoms with Gasteiger partial charge < -0.3 is 9.30 Å². The van der Waals surface area contributed by atoms with Crippen molar-refractivity contribution in [1.82, 2.24) is 9.99 Å². The number of amides is 1. The molecular weight excluding hydrogens is 524 g/mol. The van der Waals surface area contributed by atoms with Crippen LogP contribution in [0, 0.1) is 34.6 Å². The zero-order chi connectivity index (χ0) is 29.0. The van der Waals surface area contributed by atoms with Gasteiger partial charge in [-0.2, -0.15) is 5.10 Å². The van der Waals surface area contributed by atoms with Crippen LogP contribution in [0.1, 0.15) is 33.6 Å². The standard InChI is InChI=1S/C31H34N4O4S/c1-21-7-14-29(15-8-21)40(37,38)34(27-10-12-28(39-6)13-11-27)20-31(36)33-32-19-26-18-24(4)35(25(26)5)30-16-9-22(2)17-23(30)3/h7-19H,20H2,1-6H3,(H,33,36)/b32-19-. The molecule has 9 heteroatoms. The molecule has 0 spiro atoms. The lowest BCUT2D eigenvalue weighted by Crippen LogP contribution is -2.39. The molecule has 208 valence electrons. The number of anilines is 1. The predicted octanol–water partition coefficient (Wildman–Crippen LogP) is 5.37. The molecule has 8 nitrogen and oxygen atoms in total. The molecule has 1 N–H and O–H groups in total. The number of nitrogens with one attached hydrogen (secondary N) is 1. The fourth-order valence-corrected chi connectivity index (χ4v) is 6.01. The first-order chi connectivity index (χ1) is 19.0. The summed E-state index contributed by atoms with van der Waals surface area (Å²) in [6.07, 6.45) is 1.58. The second-order valence-corrected chi connectivity index (χ2v) is 11.6. The zero-order valence-corrected chi connectivity index (χ0v) is 24.4. The third-order valence-corrected chi connectivity index (χ3v) is 8.50. The number of aryl methyl sites for hydroxylation is 4. The molecule has 3 aromatic carbocycles. The molecule has 0 saturated carbocycles. The van der Waals surface area contributed by atoms with Crippen LogP contribution in [0.15, 0.2) is 82.8 Å². The first-order valence-corrected chi connectivity index (χ1v) is 14.3. The quantitative estimate of drug-likeness (QED) is 0.221. The molecule has 0 aliphatic carbocycles. The summed E-state index contributed by atoms with van der Waals surface area (Å²) in [5.74, 6) is -0.00476. The van der Waals surface area contributed by atoms with Crippen molar-refractivity contribution in [2.45, 2.75) is 39.5 Å². The van der Waals surface area contributed by atoms with Crippen LogP contribution in [-0.4, -0.2) is 38.8 Å². The van der Waals surface area contributed by atoms with Gasteiger partial charge in [0.05, 0.1) is 23.9 Å². The number of hydrogen-bond acceptors (Lipinski definition) is 5. The molecule has 4 aromatic rings. The van der Waals surface area contributed by atoms with E-state index < -0.39 is 22.5 Å². The van der Waals surface area contributed by atoms with E-state index >= 15 is 0 Å². The number of hydrazone groups is 1. The number of benzene rings is 3. The van der Waals surface area contributed by atoms with Gasteiger partial charge in [-0.05, 0) is 88.7 Å². The van der Waals surface area contributed by atoms with E-state index in [1.165, 1.54) is 24.8 Å². The number of rotatable bonds is 9. The minimum Gasteiger partial charge on any atom is -0.497 e. The maximum atomic E-state index is 13.6. The van der Waals surface area contributed by atoms with E-state index in [1.807, 2.05) is 26.8 Å². The van der Waals surface area contributed by atoms with E-state index in [-0.39, 0.29) is 4.90 Å². The van der Waals surface area contributed by atoms with E-state index in [0.717, 1.165) is 38.1 Å². The highest BCUT2D eigenvalue weighted by Gasteiger charge is 2.27. The third kappa shape index (κ3) is 6.10. The van der Waals surface area contributed by atoms with Crippen molar-refractivity contribution >= 4 is 27.8 Å². The van der Waals surface area contributed by atoms with Crippen LogP contribution in [0.3, 0.4) is 0 Å². The van der Waals surface area contributed by atoms with E-state index in [9.17, 15) is 13.2 Å². The van der Waals surface area contributed by atoms with Crippen molar-refractivity contribution in [3.8, 4) is 11.4 Å². The van der Waals surface area contributed by atoms with E-state index in [2.05, 4.69) is 47.1 Å². The van der Waals surface area contributed by atoms with Crippen molar-refractivity contribution in [3.63, 3.8) is 0 Å². The van der Waals surface area contributed by atoms with Gasteiger partial charge in [0.1, 0.15) is 12.3 Å². The van der Waals surface area contributed by atoms with Gasteiger partial charge in [0.2, 0.25) is 0 Å². The normalized spacial score (nSPS) is 11.6. The summed E-state index contributed by atoms with van der Waals surface area (Å²) in [6.45, 7) is 9.58. The molecule has 0 radical (unpaired) electrons. The summed E-state index contributed by atoms with van der Waals surface area (Å²) >= 11 is 0. The number of methoxy groups -OCH3 is 1. The average Bonchev–Trinajstić information content (AvgIpc) is 3.20. The van der Waals surface area contributed by atoms with Crippen LogP contribution >= 0.6 is 0 Å². The van der Waals surface area contributed by atoms with Crippen molar-refractivity contribution in [2.24, 2.45) is 5.10 Å². The van der Waals surface area contributed by atoms with Crippen LogP contribution in [0.4, 0.5) is 5.69 Å². The molecule has 0 aliphatic heterocycles. The van der Waals surface area contributed by atoms with Gasteiger partial charge in [-0.1, -0.05) is 35.4 Å². The topological polar surface area (TPSA) is 93.0 Å². The smallest absolute Gasteiger partial charge is 0.264 e. The van der Waals surface area contributed by atoms with Gasteiger partial charge in [0.25, 0.3) is 15.9 Å². The molecule has 4 rings (SSSR count). The first kappa shape index (κ1) is 28.6. The lowest BCUT2D eigenvalue weighted by molar-refractivity contribution is -0.119. The lowest BCUT2D eigenvalue weighted by atomic mass is 10.1. The summed E-state index contributed by atoms with van der Waals surface area (Å²) in [6, 6.07) is 21.3. The van der Waals surface area contributed by atoms with Crippen molar-refractivity contribution in [1.29, 1.82) is 0 Å². The molecule has 0 bridgehead atoms. The van der Waals surface area contributed by atoms with Crippen LogP contribution < -0.4 is 14.5 Å². The summed E-state index contributed by atoms with van der Waals surface area (Å²) in [5.41, 5.74) is 10.0. The Bertz CT molecular complexity index is 1650. The van der Waals surface area contributed by atoms with Crippen molar-refractivity contribution in [3.05, 3.63) is 106 Å². The minimum absolute atomic E-state index is 0.0871. The van der Waals surface area contributed by atoms with Crippen LogP contribution in [0.5, 0.6) is 5.75 Å². The number of hydrogen-bond donors (Lipinski definition) is 1. The number of ether oxygens (including phenoxy) is 1. The second-order valence-electron chi connectivity index (χ2n) is 9.77. The number of nitrogens with zero attached hydrogens (tertiary/aromatic N) is 3. The Hall–Kier alpha value is -4.37. The first-order valence-electron chi connectivity index (χ1n) is 12.8. The fourth-order valence-electron chi connectivity index (χ4n) is 4.59. The monoisotopic (exact) mass is 558 g/mol. The molecule has 1 aromatic heterocycles. The SMILES string of the molecule is COc1ccc(N(CC(=O)N/N=C\c2cc(C)n(-c3ccc(C)cc3C)c2C)S(=O)(=O)c2ccc(C)cc2)cc1. The minimum atomic E-state index is -4.03. The molecule has 0 fully saturated rings. The summed E-state index contributed by atoms with van der Waals surface area (Å²) in [5, 5.41) is 4.15. The van der Waals surface area contributed by atoms with Crippen LogP contribution in [-0.2, 0) is 14.8 Å². The van der Waals surface area contributed by atoms with Gasteiger partial charge >= 0.3 is 0 Å². The van der Waals surface area contributed by atoms with E-state index in [4.69, 9.17) is 4.74 Å². The highest BCUT2D eigenvalue weighted by Crippen LogP contribution is 2.26. The molecule has 0 atom stereocenters.